The number of rotatable bonds is 2. The van der Waals surface area contributed by atoms with Gasteiger partial charge in [0, 0.05) is 51.6 Å². The van der Waals surface area contributed by atoms with Gasteiger partial charge in [0.2, 0.25) is 0 Å². The lowest BCUT2D eigenvalue weighted by Gasteiger charge is -2.27. The van der Waals surface area contributed by atoms with Crippen LogP contribution in [0.5, 0.6) is 0 Å². The van der Waals surface area contributed by atoms with Crippen molar-refractivity contribution < 1.29 is 14.7 Å². The lowest BCUT2D eigenvalue weighted by molar-refractivity contribution is -0.148. The van der Waals surface area contributed by atoms with E-state index in [9.17, 15) is 14.7 Å². The van der Waals surface area contributed by atoms with Crippen molar-refractivity contribution in [2.75, 3.05) is 45.2 Å². The van der Waals surface area contributed by atoms with E-state index in [1.165, 1.54) is 11.2 Å². The summed E-state index contributed by atoms with van der Waals surface area (Å²) in [5.41, 5.74) is -0.124. The number of hydrogen-bond acceptors (Lipinski definition) is 5. The lowest BCUT2D eigenvalue weighted by atomic mass is 9.81. The summed E-state index contributed by atoms with van der Waals surface area (Å²) in [6.45, 7) is 1.57. The highest BCUT2D eigenvalue weighted by Crippen LogP contribution is 2.45. The van der Waals surface area contributed by atoms with E-state index in [4.69, 9.17) is 0 Å². The monoisotopic (exact) mass is 355 g/mol. The van der Waals surface area contributed by atoms with E-state index >= 15 is 0 Å². The van der Waals surface area contributed by atoms with E-state index in [1.807, 2.05) is 29.2 Å². The van der Waals surface area contributed by atoms with E-state index in [2.05, 4.69) is 9.97 Å². The lowest BCUT2D eigenvalue weighted by Crippen LogP contribution is -2.44. The Hall–Kier alpha value is -2.90. The molecule has 0 aliphatic carbocycles. The SMILES string of the molecule is CN(C)C(=O)N1C[C@H]2CN(c3ncnc4ccccc34)C[C@@]2(C(=O)O)C1. The minimum atomic E-state index is -0.961. The van der Waals surface area contributed by atoms with Gasteiger partial charge in [-0.1, -0.05) is 12.1 Å². The number of hydrogen-bond donors (Lipinski definition) is 1. The van der Waals surface area contributed by atoms with E-state index in [0.717, 1.165) is 16.7 Å². The fourth-order valence-corrected chi connectivity index (χ4v) is 4.20. The van der Waals surface area contributed by atoms with Gasteiger partial charge in [-0.15, -0.1) is 0 Å². The Morgan fingerprint density at radius 1 is 1.19 bits per heavy atom. The standard InChI is InChI=1S/C18H21N5O3/c1-21(2)17(26)23-8-12-7-22(9-18(12,10-23)16(24)25)15-13-5-3-4-6-14(13)19-11-20-15/h3-6,11-12H,7-10H2,1-2H3,(H,24,25)/t12-,18-/m1/s1. The second kappa shape index (κ2) is 5.82. The summed E-state index contributed by atoms with van der Waals surface area (Å²) in [7, 11) is 3.37. The third-order valence-corrected chi connectivity index (χ3v) is 5.51. The highest BCUT2D eigenvalue weighted by Gasteiger charge is 2.59. The van der Waals surface area contributed by atoms with Crippen LogP contribution < -0.4 is 4.90 Å². The van der Waals surface area contributed by atoms with Gasteiger partial charge in [-0.25, -0.2) is 14.8 Å². The molecule has 4 rings (SSSR count). The molecule has 0 spiro atoms. The van der Waals surface area contributed by atoms with Crippen molar-refractivity contribution >= 4 is 28.7 Å². The number of carbonyl (C=O) groups excluding carboxylic acids is 1. The zero-order valence-corrected chi connectivity index (χ0v) is 14.8. The number of carboxylic acids is 1. The number of para-hydroxylation sites is 1. The van der Waals surface area contributed by atoms with Gasteiger partial charge in [0.25, 0.3) is 0 Å². The molecule has 2 aromatic rings. The first-order valence-corrected chi connectivity index (χ1v) is 8.57. The van der Waals surface area contributed by atoms with Gasteiger partial charge >= 0.3 is 12.0 Å². The molecule has 0 unspecified atom stereocenters. The molecule has 2 amide bonds. The number of anilines is 1. The first-order valence-electron chi connectivity index (χ1n) is 8.57. The van der Waals surface area contributed by atoms with Crippen molar-refractivity contribution in [3.8, 4) is 0 Å². The first-order chi connectivity index (χ1) is 12.4. The molecule has 2 aliphatic rings. The number of aliphatic carboxylic acids is 1. The summed E-state index contributed by atoms with van der Waals surface area (Å²) in [4.78, 5) is 38.3. The van der Waals surface area contributed by atoms with Crippen LogP contribution in [0.3, 0.4) is 0 Å². The van der Waals surface area contributed by atoms with Crippen LogP contribution >= 0.6 is 0 Å². The molecule has 1 aromatic heterocycles. The van der Waals surface area contributed by atoms with Gasteiger partial charge in [-0.3, -0.25) is 4.79 Å². The maximum atomic E-state index is 12.3. The van der Waals surface area contributed by atoms with Crippen molar-refractivity contribution in [3.63, 3.8) is 0 Å². The van der Waals surface area contributed by atoms with Gasteiger partial charge in [-0.2, -0.15) is 0 Å². The normalized spacial score (nSPS) is 24.8. The number of aromatic nitrogens is 2. The predicted octanol–water partition coefficient (Wildman–Crippen LogP) is 1.13. The average Bonchev–Trinajstić information content (AvgIpc) is 3.16. The van der Waals surface area contributed by atoms with Crippen molar-refractivity contribution in [2.45, 2.75) is 0 Å². The Balaban J connectivity index is 1.67. The zero-order valence-electron chi connectivity index (χ0n) is 14.8. The topological polar surface area (TPSA) is 89.9 Å². The third kappa shape index (κ3) is 2.36. The molecule has 0 bridgehead atoms. The summed E-state index contributed by atoms with van der Waals surface area (Å²) < 4.78 is 0. The summed E-state index contributed by atoms with van der Waals surface area (Å²) in [6.07, 6.45) is 1.51. The summed E-state index contributed by atoms with van der Waals surface area (Å²) in [6, 6.07) is 7.58. The third-order valence-electron chi connectivity index (χ3n) is 5.51. The molecule has 3 heterocycles. The zero-order chi connectivity index (χ0) is 18.5. The highest BCUT2D eigenvalue weighted by molar-refractivity contribution is 5.90. The van der Waals surface area contributed by atoms with Crippen LogP contribution in [0, 0.1) is 11.3 Å². The molecule has 0 saturated carbocycles. The Kier molecular flexibility index (Phi) is 3.71. The van der Waals surface area contributed by atoms with Gasteiger partial charge < -0.3 is 19.8 Å². The molecular formula is C18H21N5O3. The Morgan fingerprint density at radius 2 is 1.96 bits per heavy atom. The molecule has 2 saturated heterocycles. The van der Waals surface area contributed by atoms with Gasteiger partial charge in [0.1, 0.15) is 17.6 Å². The average molecular weight is 355 g/mol. The molecule has 26 heavy (non-hydrogen) atoms. The molecule has 2 fully saturated rings. The van der Waals surface area contributed by atoms with Crippen molar-refractivity contribution in [1.82, 2.24) is 19.8 Å². The smallest absolute Gasteiger partial charge is 0.319 e. The van der Waals surface area contributed by atoms with Crippen LogP contribution in [0.25, 0.3) is 10.9 Å². The molecule has 136 valence electrons. The van der Waals surface area contributed by atoms with E-state index in [1.54, 1.807) is 19.0 Å². The predicted molar refractivity (Wildman–Crippen MR) is 96.0 cm³/mol. The molecule has 0 radical (unpaired) electrons. The van der Waals surface area contributed by atoms with Crippen LogP contribution in [0.4, 0.5) is 10.6 Å². The van der Waals surface area contributed by atoms with Crippen molar-refractivity contribution in [1.29, 1.82) is 0 Å². The number of likely N-dealkylation sites (tertiary alicyclic amines) is 1. The fraction of sp³-hybridized carbons (Fsp3) is 0.444. The van der Waals surface area contributed by atoms with Gasteiger partial charge in [0.15, 0.2) is 0 Å². The summed E-state index contributed by atoms with van der Waals surface area (Å²) in [5.74, 6) is -0.217. The minimum absolute atomic E-state index is 0.127. The molecule has 2 atom stereocenters. The minimum Gasteiger partial charge on any atom is -0.481 e. The number of benzene rings is 1. The summed E-state index contributed by atoms with van der Waals surface area (Å²) in [5, 5.41) is 10.9. The number of carboxylic acid groups (broad SMARTS) is 1. The Bertz CT molecular complexity index is 881. The van der Waals surface area contributed by atoms with Crippen LogP contribution in [0.1, 0.15) is 0 Å². The number of nitrogens with zero attached hydrogens (tertiary/aromatic N) is 5. The Morgan fingerprint density at radius 3 is 2.65 bits per heavy atom. The second-order valence-corrected chi connectivity index (χ2v) is 7.31. The maximum Gasteiger partial charge on any atom is 0.319 e. The van der Waals surface area contributed by atoms with Crippen LogP contribution in [-0.2, 0) is 4.79 Å². The number of carbonyl (C=O) groups is 2. The van der Waals surface area contributed by atoms with Crippen molar-refractivity contribution in [2.24, 2.45) is 11.3 Å². The van der Waals surface area contributed by atoms with E-state index in [-0.39, 0.29) is 18.5 Å². The van der Waals surface area contributed by atoms with E-state index < -0.39 is 11.4 Å². The largest absolute Gasteiger partial charge is 0.481 e. The molecule has 1 N–H and O–H groups in total. The number of amides is 2. The summed E-state index contributed by atoms with van der Waals surface area (Å²) >= 11 is 0. The second-order valence-electron chi connectivity index (χ2n) is 7.31. The Labute approximate surface area is 151 Å². The molecule has 8 heteroatoms. The molecule has 8 nitrogen and oxygen atoms in total. The molecule has 2 aliphatic heterocycles. The van der Waals surface area contributed by atoms with Gasteiger partial charge in [-0.05, 0) is 12.1 Å². The van der Waals surface area contributed by atoms with Crippen LogP contribution in [-0.4, -0.2) is 77.1 Å². The van der Waals surface area contributed by atoms with Crippen molar-refractivity contribution in [3.05, 3.63) is 30.6 Å². The molecular weight excluding hydrogens is 334 g/mol. The van der Waals surface area contributed by atoms with Crippen LogP contribution in [0.15, 0.2) is 30.6 Å². The molecule has 1 aromatic carbocycles. The van der Waals surface area contributed by atoms with Gasteiger partial charge in [0.05, 0.1) is 5.52 Å². The van der Waals surface area contributed by atoms with Crippen LogP contribution in [0.2, 0.25) is 0 Å². The quantitative estimate of drug-likeness (QED) is 0.869. The highest BCUT2D eigenvalue weighted by atomic mass is 16.4. The maximum absolute atomic E-state index is 12.3. The first kappa shape index (κ1) is 16.6. The number of urea groups is 1. The fourth-order valence-electron chi connectivity index (χ4n) is 4.20. The number of fused-ring (bicyclic) bond motifs is 2. The van der Waals surface area contributed by atoms with E-state index in [0.29, 0.717) is 19.6 Å².